The van der Waals surface area contributed by atoms with Crippen molar-refractivity contribution in [3.63, 3.8) is 0 Å². The van der Waals surface area contributed by atoms with Crippen molar-refractivity contribution in [1.29, 1.82) is 0 Å². The van der Waals surface area contributed by atoms with E-state index >= 15 is 0 Å². The van der Waals surface area contributed by atoms with Gasteiger partial charge in [0.1, 0.15) is 0 Å². The van der Waals surface area contributed by atoms with Crippen LogP contribution in [0.15, 0.2) is 67.0 Å². The van der Waals surface area contributed by atoms with Crippen LogP contribution in [0.3, 0.4) is 0 Å². The molecule has 0 spiro atoms. The number of hydrogen-bond donors (Lipinski definition) is 2. The summed E-state index contributed by atoms with van der Waals surface area (Å²) < 4.78 is 4.74. The van der Waals surface area contributed by atoms with Crippen LogP contribution in [0.5, 0.6) is 0 Å². The Morgan fingerprint density at radius 1 is 1.04 bits per heavy atom. The van der Waals surface area contributed by atoms with E-state index in [2.05, 4.69) is 30.8 Å². The molecule has 2 N–H and O–H groups in total. The lowest BCUT2D eigenvalue weighted by Crippen LogP contribution is -2.04. The van der Waals surface area contributed by atoms with Crippen LogP contribution in [0.25, 0.3) is 10.9 Å². The van der Waals surface area contributed by atoms with Crippen molar-refractivity contribution in [2.45, 2.75) is 0 Å². The largest absolute Gasteiger partial charge is 0.465 e. The number of methoxy groups -OCH3 is 1. The van der Waals surface area contributed by atoms with Gasteiger partial charge in [-0.15, -0.1) is 5.10 Å². The van der Waals surface area contributed by atoms with Gasteiger partial charge in [-0.1, -0.05) is 24.3 Å². The number of carbonyl (C=O) groups excluding carboxylic acids is 1. The lowest BCUT2D eigenvalue weighted by Gasteiger charge is -2.09. The minimum atomic E-state index is -0.407. The van der Waals surface area contributed by atoms with Crippen molar-refractivity contribution in [3.8, 4) is 0 Å². The fraction of sp³-hybridized carbons (Fsp3) is 0.0500. The Balaban J connectivity index is 1.57. The first-order valence-electron chi connectivity index (χ1n) is 8.49. The maximum absolute atomic E-state index is 11.7. The van der Waals surface area contributed by atoms with E-state index in [1.807, 2.05) is 36.4 Å². The number of hydrogen-bond acceptors (Lipinski definition) is 8. The molecule has 8 nitrogen and oxygen atoms in total. The highest BCUT2D eigenvalue weighted by Crippen LogP contribution is 2.23. The van der Waals surface area contributed by atoms with Gasteiger partial charge in [-0.2, -0.15) is 10.1 Å². The Labute approximate surface area is 160 Å². The number of anilines is 4. The number of ether oxygens (including phenoxy) is 1. The van der Waals surface area contributed by atoms with Crippen LogP contribution < -0.4 is 10.6 Å². The number of rotatable bonds is 5. The first-order valence-corrected chi connectivity index (χ1v) is 8.49. The van der Waals surface area contributed by atoms with Gasteiger partial charge in [0, 0.05) is 17.3 Å². The molecule has 0 saturated heterocycles. The van der Waals surface area contributed by atoms with E-state index in [1.54, 1.807) is 24.4 Å². The average molecular weight is 372 g/mol. The summed E-state index contributed by atoms with van der Waals surface area (Å²) in [5, 5.41) is 15.3. The number of benzene rings is 2. The highest BCUT2D eigenvalue weighted by Gasteiger charge is 2.08. The van der Waals surface area contributed by atoms with Crippen molar-refractivity contribution < 1.29 is 9.53 Å². The van der Waals surface area contributed by atoms with E-state index in [0.29, 0.717) is 23.0 Å². The van der Waals surface area contributed by atoms with E-state index in [9.17, 15) is 4.79 Å². The molecule has 2 aromatic heterocycles. The Hall–Kier alpha value is -4.07. The van der Waals surface area contributed by atoms with Crippen molar-refractivity contribution in [1.82, 2.24) is 20.2 Å². The zero-order valence-electron chi connectivity index (χ0n) is 15.0. The molecule has 138 valence electrons. The topological polar surface area (TPSA) is 102 Å². The van der Waals surface area contributed by atoms with Crippen LogP contribution in [-0.4, -0.2) is 33.2 Å². The van der Waals surface area contributed by atoms with E-state index in [4.69, 9.17) is 4.74 Å². The molecule has 0 saturated carbocycles. The summed E-state index contributed by atoms with van der Waals surface area (Å²) in [7, 11) is 1.34. The number of nitrogens with one attached hydrogen (secondary N) is 2. The summed E-state index contributed by atoms with van der Waals surface area (Å²) in [5.41, 5.74) is 2.72. The zero-order valence-corrected chi connectivity index (χ0v) is 15.0. The Morgan fingerprint density at radius 2 is 1.89 bits per heavy atom. The Kier molecular flexibility index (Phi) is 4.75. The zero-order chi connectivity index (χ0) is 19.3. The molecule has 2 heterocycles. The molecule has 0 atom stereocenters. The van der Waals surface area contributed by atoms with Crippen LogP contribution in [-0.2, 0) is 4.74 Å². The summed E-state index contributed by atoms with van der Waals surface area (Å²) in [5.74, 6) is 0.398. The van der Waals surface area contributed by atoms with Crippen LogP contribution in [0, 0.1) is 0 Å². The van der Waals surface area contributed by atoms with E-state index < -0.39 is 5.97 Å². The number of aromatic nitrogens is 4. The van der Waals surface area contributed by atoms with Gasteiger partial charge in [0.25, 0.3) is 0 Å². The molecule has 0 aliphatic rings. The predicted octanol–water partition coefficient (Wildman–Crippen LogP) is 3.69. The van der Waals surface area contributed by atoms with Gasteiger partial charge in [0.2, 0.25) is 5.95 Å². The van der Waals surface area contributed by atoms with Gasteiger partial charge in [-0.25, -0.2) is 4.79 Å². The van der Waals surface area contributed by atoms with Crippen molar-refractivity contribution >= 4 is 40.0 Å². The minimum absolute atomic E-state index is 0.326. The Morgan fingerprint density at radius 3 is 2.79 bits per heavy atom. The molecule has 0 unspecified atom stereocenters. The number of para-hydroxylation sites is 1. The predicted molar refractivity (Wildman–Crippen MR) is 106 cm³/mol. The normalized spacial score (nSPS) is 10.5. The lowest BCUT2D eigenvalue weighted by molar-refractivity contribution is 0.0601. The monoisotopic (exact) mass is 372 g/mol. The molecule has 0 radical (unpaired) electrons. The molecule has 0 aliphatic heterocycles. The summed E-state index contributed by atoms with van der Waals surface area (Å²) in [4.78, 5) is 20.5. The molecule has 28 heavy (non-hydrogen) atoms. The molecule has 0 bridgehead atoms. The molecule has 0 aliphatic carbocycles. The molecule has 0 amide bonds. The number of fused-ring (bicyclic) bond motifs is 1. The fourth-order valence-corrected chi connectivity index (χ4v) is 2.73. The van der Waals surface area contributed by atoms with Crippen LogP contribution in [0.2, 0.25) is 0 Å². The third-order valence-electron chi connectivity index (χ3n) is 3.99. The highest BCUT2D eigenvalue weighted by molar-refractivity contribution is 5.91. The molecule has 0 fully saturated rings. The standard InChI is InChI=1S/C20H16N6O2/c1-28-19(27)14-6-2-8-15(11-14)23-17-12-22-26-20(25-17)24-16-9-3-5-13-7-4-10-21-18(13)16/h2-12H,1H3,(H2,23,24,25,26). The molecule has 4 rings (SSSR count). The molecule has 8 heteroatoms. The maximum atomic E-state index is 11.7. The summed E-state index contributed by atoms with van der Waals surface area (Å²) >= 11 is 0. The summed E-state index contributed by atoms with van der Waals surface area (Å²) in [6, 6.07) is 16.6. The SMILES string of the molecule is COC(=O)c1cccc(Nc2cnnc(Nc3cccc4cccnc34)n2)c1. The van der Waals surface area contributed by atoms with Gasteiger partial charge >= 0.3 is 5.97 Å². The molecule has 4 aromatic rings. The Bertz CT molecular complexity index is 1140. The minimum Gasteiger partial charge on any atom is -0.465 e. The molecule has 2 aromatic carbocycles. The van der Waals surface area contributed by atoms with Gasteiger partial charge in [0.15, 0.2) is 5.82 Å². The first-order chi connectivity index (χ1) is 13.7. The fourth-order valence-electron chi connectivity index (χ4n) is 2.73. The van der Waals surface area contributed by atoms with Crippen molar-refractivity contribution in [2.75, 3.05) is 17.7 Å². The van der Waals surface area contributed by atoms with Gasteiger partial charge in [-0.3, -0.25) is 4.98 Å². The smallest absolute Gasteiger partial charge is 0.337 e. The van der Waals surface area contributed by atoms with Gasteiger partial charge in [-0.05, 0) is 30.3 Å². The summed E-state index contributed by atoms with van der Waals surface area (Å²) in [6.07, 6.45) is 3.23. The van der Waals surface area contributed by atoms with E-state index in [1.165, 1.54) is 13.3 Å². The number of pyridine rings is 1. The maximum Gasteiger partial charge on any atom is 0.337 e. The highest BCUT2D eigenvalue weighted by atomic mass is 16.5. The van der Waals surface area contributed by atoms with Crippen LogP contribution >= 0.6 is 0 Å². The third-order valence-corrected chi connectivity index (χ3v) is 3.99. The second-order valence-corrected chi connectivity index (χ2v) is 5.87. The average Bonchev–Trinajstić information content (AvgIpc) is 2.74. The van der Waals surface area contributed by atoms with E-state index in [-0.39, 0.29) is 0 Å². The number of carbonyl (C=O) groups is 1. The van der Waals surface area contributed by atoms with Crippen LogP contribution in [0.4, 0.5) is 23.1 Å². The van der Waals surface area contributed by atoms with Gasteiger partial charge < -0.3 is 15.4 Å². The third kappa shape index (κ3) is 3.70. The number of esters is 1. The quantitative estimate of drug-likeness (QED) is 0.511. The first kappa shape index (κ1) is 17.3. The lowest BCUT2D eigenvalue weighted by atomic mass is 10.2. The second-order valence-electron chi connectivity index (χ2n) is 5.87. The molecular weight excluding hydrogens is 356 g/mol. The van der Waals surface area contributed by atoms with Gasteiger partial charge in [0.05, 0.1) is 30.1 Å². The molecular formula is C20H16N6O2. The summed E-state index contributed by atoms with van der Waals surface area (Å²) in [6.45, 7) is 0. The van der Waals surface area contributed by atoms with Crippen molar-refractivity contribution in [3.05, 3.63) is 72.6 Å². The van der Waals surface area contributed by atoms with Crippen molar-refractivity contribution in [2.24, 2.45) is 0 Å². The van der Waals surface area contributed by atoms with Crippen LogP contribution in [0.1, 0.15) is 10.4 Å². The number of nitrogens with zero attached hydrogens (tertiary/aromatic N) is 4. The second kappa shape index (κ2) is 7.67. The van der Waals surface area contributed by atoms with E-state index in [0.717, 1.165) is 16.6 Å².